The summed E-state index contributed by atoms with van der Waals surface area (Å²) in [5.74, 6) is 0. The molecular weight excluding hydrogens is 192 g/mol. The Balaban J connectivity index is 2.49. The molecule has 2 rings (SSSR count). The maximum absolute atomic E-state index is 10.7. The summed E-state index contributed by atoms with van der Waals surface area (Å²) in [6.45, 7) is 2.05. The zero-order chi connectivity index (χ0) is 9.97. The minimum absolute atomic E-state index is 0.777. The number of thiophene rings is 1. The zero-order valence-electron chi connectivity index (χ0n) is 7.86. The fourth-order valence-corrected chi connectivity index (χ4v) is 2.17. The number of carbonyl (C=O) groups is 1. The molecule has 0 amide bonds. The highest BCUT2D eigenvalue weighted by Crippen LogP contribution is 2.26. The third-order valence-electron chi connectivity index (χ3n) is 2.18. The Hall–Kier alpha value is -1.41. The summed E-state index contributed by atoms with van der Waals surface area (Å²) in [6, 6.07) is 8.21. The molecule has 0 saturated carbocycles. The SMILES string of the molecule is Cc1ccc(-c2cscc2C=O)cc1. The molecule has 0 fully saturated rings. The second-order valence-corrected chi connectivity index (χ2v) is 3.97. The van der Waals surface area contributed by atoms with E-state index >= 15 is 0 Å². The van der Waals surface area contributed by atoms with Gasteiger partial charge in [-0.15, -0.1) is 0 Å². The van der Waals surface area contributed by atoms with Crippen molar-refractivity contribution < 1.29 is 4.79 Å². The number of carbonyl (C=O) groups excluding carboxylic acids is 1. The normalized spacial score (nSPS) is 10.1. The van der Waals surface area contributed by atoms with E-state index in [1.165, 1.54) is 5.56 Å². The number of benzene rings is 1. The Morgan fingerprint density at radius 2 is 1.86 bits per heavy atom. The van der Waals surface area contributed by atoms with Crippen LogP contribution in [-0.2, 0) is 0 Å². The van der Waals surface area contributed by atoms with Crippen molar-refractivity contribution in [1.82, 2.24) is 0 Å². The molecule has 0 unspecified atom stereocenters. The Kier molecular flexibility index (Phi) is 2.46. The number of rotatable bonds is 2. The maximum atomic E-state index is 10.7. The molecule has 1 aromatic carbocycles. The van der Waals surface area contributed by atoms with Crippen molar-refractivity contribution in [3.63, 3.8) is 0 Å². The summed E-state index contributed by atoms with van der Waals surface area (Å²) < 4.78 is 0. The summed E-state index contributed by atoms with van der Waals surface area (Å²) in [7, 11) is 0. The van der Waals surface area contributed by atoms with E-state index in [2.05, 4.69) is 19.1 Å². The van der Waals surface area contributed by atoms with E-state index in [0.29, 0.717) is 0 Å². The molecule has 2 heteroatoms. The first-order valence-electron chi connectivity index (χ1n) is 4.39. The van der Waals surface area contributed by atoms with Crippen LogP contribution >= 0.6 is 11.3 Å². The van der Waals surface area contributed by atoms with Gasteiger partial charge in [-0.2, -0.15) is 11.3 Å². The summed E-state index contributed by atoms with van der Waals surface area (Å²) in [4.78, 5) is 10.7. The molecule has 1 aromatic heterocycles. The lowest BCUT2D eigenvalue weighted by molar-refractivity contribution is 0.112. The van der Waals surface area contributed by atoms with Gasteiger partial charge in [-0.3, -0.25) is 4.79 Å². The molecule has 0 radical (unpaired) electrons. The molecule has 0 spiro atoms. The maximum Gasteiger partial charge on any atom is 0.151 e. The van der Waals surface area contributed by atoms with Gasteiger partial charge in [0.15, 0.2) is 6.29 Å². The van der Waals surface area contributed by atoms with Crippen LogP contribution in [0.4, 0.5) is 0 Å². The highest BCUT2D eigenvalue weighted by atomic mass is 32.1. The standard InChI is InChI=1S/C12H10OS/c1-9-2-4-10(5-3-9)12-8-14-7-11(12)6-13/h2-8H,1H3. The lowest BCUT2D eigenvalue weighted by atomic mass is 10.0. The molecule has 70 valence electrons. The highest BCUT2D eigenvalue weighted by Gasteiger charge is 2.04. The van der Waals surface area contributed by atoms with Gasteiger partial charge in [0.1, 0.15) is 0 Å². The lowest BCUT2D eigenvalue weighted by Crippen LogP contribution is -1.81. The highest BCUT2D eigenvalue weighted by molar-refractivity contribution is 7.08. The monoisotopic (exact) mass is 202 g/mol. The minimum Gasteiger partial charge on any atom is -0.298 e. The van der Waals surface area contributed by atoms with Crippen molar-refractivity contribution in [3.8, 4) is 11.1 Å². The molecule has 0 aliphatic rings. The molecular formula is C12H10OS. The number of aryl methyl sites for hydroxylation is 1. The summed E-state index contributed by atoms with van der Waals surface area (Å²) in [5.41, 5.74) is 4.15. The van der Waals surface area contributed by atoms with E-state index in [0.717, 1.165) is 23.0 Å². The summed E-state index contributed by atoms with van der Waals surface area (Å²) in [6.07, 6.45) is 0.908. The van der Waals surface area contributed by atoms with Crippen LogP contribution in [0.25, 0.3) is 11.1 Å². The quantitative estimate of drug-likeness (QED) is 0.681. The van der Waals surface area contributed by atoms with Gasteiger partial charge in [0.2, 0.25) is 0 Å². The van der Waals surface area contributed by atoms with Gasteiger partial charge in [-0.05, 0) is 17.9 Å². The van der Waals surface area contributed by atoms with Crippen molar-refractivity contribution >= 4 is 17.6 Å². The number of hydrogen-bond acceptors (Lipinski definition) is 2. The van der Waals surface area contributed by atoms with E-state index in [1.54, 1.807) is 11.3 Å². The van der Waals surface area contributed by atoms with Gasteiger partial charge in [-0.25, -0.2) is 0 Å². The second kappa shape index (κ2) is 3.76. The zero-order valence-corrected chi connectivity index (χ0v) is 8.67. The molecule has 0 N–H and O–H groups in total. The van der Waals surface area contributed by atoms with Crippen LogP contribution in [0.15, 0.2) is 35.0 Å². The first-order chi connectivity index (χ1) is 6.81. The lowest BCUT2D eigenvalue weighted by Gasteiger charge is -1.99. The predicted molar refractivity (Wildman–Crippen MR) is 59.9 cm³/mol. The van der Waals surface area contributed by atoms with Crippen molar-refractivity contribution in [2.45, 2.75) is 6.92 Å². The first kappa shape index (κ1) is 9.16. The largest absolute Gasteiger partial charge is 0.298 e. The molecule has 0 atom stereocenters. The molecule has 2 aromatic rings. The van der Waals surface area contributed by atoms with Crippen LogP contribution in [0.2, 0.25) is 0 Å². The fourth-order valence-electron chi connectivity index (χ4n) is 1.37. The number of aldehydes is 1. The second-order valence-electron chi connectivity index (χ2n) is 3.22. The van der Waals surface area contributed by atoms with Crippen molar-refractivity contribution in [3.05, 3.63) is 46.2 Å². The van der Waals surface area contributed by atoms with Crippen LogP contribution in [-0.4, -0.2) is 6.29 Å². The van der Waals surface area contributed by atoms with Crippen LogP contribution in [0, 0.1) is 6.92 Å². The van der Waals surface area contributed by atoms with Crippen LogP contribution < -0.4 is 0 Å². The Bertz CT molecular complexity index is 440. The number of hydrogen-bond donors (Lipinski definition) is 0. The first-order valence-corrected chi connectivity index (χ1v) is 5.34. The van der Waals surface area contributed by atoms with Crippen LogP contribution in [0.5, 0.6) is 0 Å². The molecule has 1 heterocycles. The third-order valence-corrected chi connectivity index (χ3v) is 2.94. The van der Waals surface area contributed by atoms with E-state index in [1.807, 2.05) is 22.9 Å². The Morgan fingerprint density at radius 1 is 1.14 bits per heavy atom. The minimum atomic E-state index is 0.777. The smallest absolute Gasteiger partial charge is 0.151 e. The third kappa shape index (κ3) is 1.61. The van der Waals surface area contributed by atoms with Crippen LogP contribution in [0.3, 0.4) is 0 Å². The summed E-state index contributed by atoms with van der Waals surface area (Å²) in [5, 5.41) is 3.89. The topological polar surface area (TPSA) is 17.1 Å². The van der Waals surface area contributed by atoms with Gasteiger partial charge in [-0.1, -0.05) is 29.8 Å². The van der Waals surface area contributed by atoms with Gasteiger partial charge in [0.25, 0.3) is 0 Å². The van der Waals surface area contributed by atoms with E-state index in [4.69, 9.17) is 0 Å². The average molecular weight is 202 g/mol. The summed E-state index contributed by atoms with van der Waals surface area (Å²) >= 11 is 1.56. The molecule has 0 aliphatic carbocycles. The van der Waals surface area contributed by atoms with Crippen molar-refractivity contribution in [2.24, 2.45) is 0 Å². The van der Waals surface area contributed by atoms with Gasteiger partial charge >= 0.3 is 0 Å². The fraction of sp³-hybridized carbons (Fsp3) is 0.0833. The van der Waals surface area contributed by atoms with E-state index in [9.17, 15) is 4.79 Å². The molecule has 1 nitrogen and oxygen atoms in total. The predicted octanol–water partition coefficient (Wildman–Crippen LogP) is 3.54. The van der Waals surface area contributed by atoms with Crippen molar-refractivity contribution in [2.75, 3.05) is 0 Å². The molecule has 0 saturated heterocycles. The Morgan fingerprint density at radius 3 is 2.50 bits per heavy atom. The average Bonchev–Trinajstić information content (AvgIpc) is 2.67. The van der Waals surface area contributed by atoms with E-state index < -0.39 is 0 Å². The molecule has 0 bridgehead atoms. The van der Waals surface area contributed by atoms with Crippen molar-refractivity contribution in [1.29, 1.82) is 0 Å². The van der Waals surface area contributed by atoms with E-state index in [-0.39, 0.29) is 0 Å². The van der Waals surface area contributed by atoms with Gasteiger partial charge < -0.3 is 0 Å². The van der Waals surface area contributed by atoms with Gasteiger partial charge in [0.05, 0.1) is 0 Å². The Labute approximate surface area is 87.0 Å². The van der Waals surface area contributed by atoms with Gasteiger partial charge in [0, 0.05) is 16.5 Å². The molecule has 0 aliphatic heterocycles. The van der Waals surface area contributed by atoms with Crippen LogP contribution in [0.1, 0.15) is 15.9 Å². The molecule has 14 heavy (non-hydrogen) atoms.